The van der Waals surface area contributed by atoms with Gasteiger partial charge in [0.1, 0.15) is 15.0 Å². The molecule has 5 nitrogen and oxygen atoms in total. The van der Waals surface area contributed by atoms with Crippen molar-refractivity contribution >= 4 is 49.8 Å². The summed E-state index contributed by atoms with van der Waals surface area (Å²) in [5, 5.41) is 5.52. The second kappa shape index (κ2) is 4.70. The van der Waals surface area contributed by atoms with Crippen LogP contribution >= 0.6 is 33.9 Å². The van der Waals surface area contributed by atoms with Gasteiger partial charge in [0.25, 0.3) is 0 Å². The van der Waals surface area contributed by atoms with Crippen LogP contribution in [0, 0.1) is 3.70 Å². The molecule has 3 aromatic heterocycles. The summed E-state index contributed by atoms with van der Waals surface area (Å²) in [6, 6.07) is 4.17. The van der Waals surface area contributed by atoms with Crippen molar-refractivity contribution in [3.8, 4) is 16.2 Å². The van der Waals surface area contributed by atoms with E-state index < -0.39 is 0 Å². The number of methoxy groups -OCH3 is 1. The molecule has 1 aromatic carbocycles. The lowest BCUT2D eigenvalue weighted by Gasteiger charge is -2.03. The van der Waals surface area contributed by atoms with E-state index in [4.69, 9.17) is 4.74 Å². The number of halogens is 1. The van der Waals surface area contributed by atoms with E-state index in [1.807, 2.05) is 25.5 Å². The van der Waals surface area contributed by atoms with E-state index in [2.05, 4.69) is 49.3 Å². The maximum absolute atomic E-state index is 5.48. The predicted molar refractivity (Wildman–Crippen MR) is 92.0 cm³/mol. The van der Waals surface area contributed by atoms with Crippen molar-refractivity contribution in [1.29, 1.82) is 0 Å². The summed E-state index contributed by atoms with van der Waals surface area (Å²) in [5.74, 6) is 0.795. The summed E-state index contributed by atoms with van der Waals surface area (Å²) >= 11 is 3.90. The van der Waals surface area contributed by atoms with Gasteiger partial charge >= 0.3 is 0 Å². The van der Waals surface area contributed by atoms with Crippen LogP contribution in [0.15, 0.2) is 30.7 Å². The number of hydrogen-bond donors (Lipinski definition) is 0. The van der Waals surface area contributed by atoms with E-state index in [9.17, 15) is 0 Å². The Bertz CT molecular complexity index is 937. The number of imidazole rings is 1. The quantitative estimate of drug-likeness (QED) is 0.475. The lowest BCUT2D eigenvalue weighted by atomic mass is 10.1. The van der Waals surface area contributed by atoms with Crippen molar-refractivity contribution in [2.24, 2.45) is 7.05 Å². The fourth-order valence-corrected chi connectivity index (χ4v) is 4.07. The molecular weight excluding hydrogens is 399 g/mol. The van der Waals surface area contributed by atoms with Crippen LogP contribution in [-0.2, 0) is 7.05 Å². The zero-order valence-corrected chi connectivity index (χ0v) is 14.3. The highest BCUT2D eigenvalue weighted by Gasteiger charge is 2.12. The smallest absolute Gasteiger partial charge is 0.195 e. The van der Waals surface area contributed by atoms with Gasteiger partial charge in [0.2, 0.25) is 0 Å². The largest absolute Gasteiger partial charge is 0.494 e. The highest BCUT2D eigenvalue weighted by molar-refractivity contribution is 14.1. The summed E-state index contributed by atoms with van der Waals surface area (Å²) in [6.07, 6.45) is 6.13. The molecule has 0 aliphatic heterocycles. The minimum atomic E-state index is 0.795. The summed E-state index contributed by atoms with van der Waals surface area (Å²) in [7, 11) is 3.59. The van der Waals surface area contributed by atoms with E-state index >= 15 is 0 Å². The van der Waals surface area contributed by atoms with Crippen LogP contribution in [0.25, 0.3) is 26.3 Å². The molecule has 0 N–H and O–H groups in total. The predicted octanol–water partition coefficient (Wildman–Crippen LogP) is 3.56. The standard InChI is InChI=1S/C14H11IN4OS/c1-18-5-9-3-8(4-10(20-2)13(9)17-18)11-6-19-7-12(15)16-14(19)21-11/h3-7H,1-2H3. The van der Waals surface area contributed by atoms with Crippen LogP contribution in [0.1, 0.15) is 0 Å². The summed E-state index contributed by atoms with van der Waals surface area (Å²) < 4.78 is 10.4. The van der Waals surface area contributed by atoms with Crippen LogP contribution in [0.4, 0.5) is 0 Å². The average molecular weight is 410 g/mol. The number of benzene rings is 1. The Morgan fingerprint density at radius 2 is 2.10 bits per heavy atom. The van der Waals surface area contributed by atoms with Crippen molar-refractivity contribution in [2.75, 3.05) is 7.11 Å². The number of aromatic nitrogens is 4. The lowest BCUT2D eigenvalue weighted by Crippen LogP contribution is -1.88. The number of thiazole rings is 1. The molecule has 0 amide bonds. The zero-order valence-electron chi connectivity index (χ0n) is 11.4. The van der Waals surface area contributed by atoms with Crippen molar-refractivity contribution in [3.05, 3.63) is 34.4 Å². The molecule has 0 aliphatic rings. The van der Waals surface area contributed by atoms with E-state index in [-0.39, 0.29) is 0 Å². The fraction of sp³-hybridized carbons (Fsp3) is 0.143. The van der Waals surface area contributed by atoms with Crippen molar-refractivity contribution < 1.29 is 4.74 Å². The van der Waals surface area contributed by atoms with Gasteiger partial charge in [-0.1, -0.05) is 11.3 Å². The maximum atomic E-state index is 5.48. The molecule has 0 saturated carbocycles. The molecule has 7 heteroatoms. The summed E-state index contributed by atoms with van der Waals surface area (Å²) in [6.45, 7) is 0. The van der Waals surface area contributed by atoms with Crippen LogP contribution in [0.3, 0.4) is 0 Å². The Labute approximate surface area is 138 Å². The van der Waals surface area contributed by atoms with Gasteiger partial charge in [0, 0.05) is 31.0 Å². The van der Waals surface area contributed by atoms with Crippen LogP contribution in [0.5, 0.6) is 5.75 Å². The first-order valence-electron chi connectivity index (χ1n) is 6.30. The van der Waals surface area contributed by atoms with Gasteiger partial charge in [0.15, 0.2) is 4.96 Å². The molecule has 0 bridgehead atoms. The second-order valence-electron chi connectivity index (χ2n) is 4.77. The Morgan fingerprint density at radius 1 is 1.24 bits per heavy atom. The van der Waals surface area contributed by atoms with Crippen LogP contribution in [0.2, 0.25) is 0 Å². The van der Waals surface area contributed by atoms with Crippen molar-refractivity contribution in [2.45, 2.75) is 0 Å². The summed E-state index contributed by atoms with van der Waals surface area (Å²) in [4.78, 5) is 6.65. The average Bonchev–Trinajstić information content (AvgIpc) is 3.08. The van der Waals surface area contributed by atoms with E-state index in [0.29, 0.717) is 0 Å². The molecule has 0 atom stereocenters. The van der Waals surface area contributed by atoms with Crippen LogP contribution < -0.4 is 4.74 Å². The first-order valence-corrected chi connectivity index (χ1v) is 8.19. The van der Waals surface area contributed by atoms with Crippen LogP contribution in [-0.4, -0.2) is 26.3 Å². The molecule has 4 aromatic rings. The highest BCUT2D eigenvalue weighted by atomic mass is 127. The third kappa shape index (κ3) is 2.11. The number of fused-ring (bicyclic) bond motifs is 2. The van der Waals surface area contributed by atoms with E-state index in [1.165, 1.54) is 0 Å². The van der Waals surface area contributed by atoms with Gasteiger partial charge in [-0.15, -0.1) is 0 Å². The van der Waals surface area contributed by atoms with Gasteiger partial charge in [-0.25, -0.2) is 4.98 Å². The summed E-state index contributed by atoms with van der Waals surface area (Å²) in [5.41, 5.74) is 2.01. The molecule has 4 rings (SSSR count). The lowest BCUT2D eigenvalue weighted by molar-refractivity contribution is 0.418. The van der Waals surface area contributed by atoms with Gasteiger partial charge in [0.05, 0.1) is 12.0 Å². The molecule has 3 heterocycles. The molecule has 0 aliphatic carbocycles. The monoisotopic (exact) mass is 410 g/mol. The number of nitrogens with zero attached hydrogens (tertiary/aromatic N) is 4. The molecule has 21 heavy (non-hydrogen) atoms. The molecule has 0 unspecified atom stereocenters. The Balaban J connectivity index is 1.93. The van der Waals surface area contributed by atoms with E-state index in [0.717, 1.165) is 35.8 Å². The zero-order chi connectivity index (χ0) is 14.6. The highest BCUT2D eigenvalue weighted by Crippen LogP contribution is 2.35. The Hall–Kier alpha value is -1.61. The van der Waals surface area contributed by atoms with Gasteiger partial charge in [-0.3, -0.25) is 9.08 Å². The Morgan fingerprint density at radius 3 is 2.86 bits per heavy atom. The topological polar surface area (TPSA) is 44.4 Å². The molecule has 0 fully saturated rings. The normalized spacial score (nSPS) is 11.6. The Kier molecular flexibility index (Phi) is 2.93. The van der Waals surface area contributed by atoms with Crippen molar-refractivity contribution in [1.82, 2.24) is 19.2 Å². The van der Waals surface area contributed by atoms with Crippen molar-refractivity contribution in [3.63, 3.8) is 0 Å². The third-order valence-corrected chi connectivity index (χ3v) is 4.88. The molecule has 0 saturated heterocycles. The van der Waals surface area contributed by atoms with E-state index in [1.54, 1.807) is 23.1 Å². The maximum Gasteiger partial charge on any atom is 0.195 e. The third-order valence-electron chi connectivity index (χ3n) is 3.32. The van der Waals surface area contributed by atoms with Gasteiger partial charge in [-0.05, 0) is 40.3 Å². The molecule has 106 valence electrons. The first-order chi connectivity index (χ1) is 10.1. The SMILES string of the molecule is COc1cc(-c2cn3cc(I)nc3s2)cc2cn(C)nc12. The molecule has 0 radical (unpaired) electrons. The number of ether oxygens (including phenoxy) is 1. The first kappa shape index (κ1) is 13.1. The van der Waals surface area contributed by atoms with Gasteiger partial charge < -0.3 is 4.74 Å². The number of hydrogen-bond acceptors (Lipinski definition) is 4. The fourth-order valence-electron chi connectivity index (χ4n) is 2.42. The number of rotatable bonds is 2. The number of aryl methyl sites for hydroxylation is 1. The second-order valence-corrected chi connectivity index (χ2v) is 6.88. The minimum absolute atomic E-state index is 0.795. The van der Waals surface area contributed by atoms with Gasteiger partial charge in [-0.2, -0.15) is 5.10 Å². The minimum Gasteiger partial charge on any atom is -0.494 e. The molecule has 0 spiro atoms. The molecular formula is C14H11IN4OS.